The molecule has 5 nitrogen and oxygen atoms in total. The number of amides is 2. The number of hydrogen-bond donors (Lipinski definition) is 2. The van der Waals surface area contributed by atoms with Crippen molar-refractivity contribution in [2.24, 2.45) is 0 Å². The molecule has 2 aromatic rings. The van der Waals surface area contributed by atoms with Gasteiger partial charge in [0.25, 0.3) is 11.8 Å². The average Bonchev–Trinajstić information content (AvgIpc) is 3.39. The predicted octanol–water partition coefficient (Wildman–Crippen LogP) is 2.90. The molecule has 24 heavy (non-hydrogen) atoms. The van der Waals surface area contributed by atoms with Crippen molar-refractivity contribution >= 4 is 23.2 Å². The molecule has 0 aromatic heterocycles. The van der Waals surface area contributed by atoms with E-state index in [-0.39, 0.29) is 17.9 Å². The van der Waals surface area contributed by atoms with Gasteiger partial charge in [0.2, 0.25) is 0 Å². The summed E-state index contributed by atoms with van der Waals surface area (Å²) in [5.41, 5.74) is 2.58. The highest BCUT2D eigenvalue weighted by molar-refractivity contribution is 6.06. The Morgan fingerprint density at radius 1 is 1.00 bits per heavy atom. The number of hydrogen-bond acceptors (Lipinski definition) is 3. The van der Waals surface area contributed by atoms with E-state index >= 15 is 0 Å². The summed E-state index contributed by atoms with van der Waals surface area (Å²) in [7, 11) is 3.79. The van der Waals surface area contributed by atoms with E-state index < -0.39 is 0 Å². The molecule has 2 aromatic carbocycles. The van der Waals surface area contributed by atoms with Crippen LogP contribution < -0.4 is 15.5 Å². The Labute approximate surface area is 141 Å². The third kappa shape index (κ3) is 3.74. The second-order valence-corrected chi connectivity index (χ2v) is 6.19. The van der Waals surface area contributed by atoms with Crippen molar-refractivity contribution in [3.8, 4) is 0 Å². The van der Waals surface area contributed by atoms with E-state index in [1.165, 1.54) is 0 Å². The van der Waals surface area contributed by atoms with Gasteiger partial charge in [-0.15, -0.1) is 0 Å². The highest BCUT2D eigenvalue weighted by Crippen LogP contribution is 2.25. The van der Waals surface area contributed by atoms with Crippen molar-refractivity contribution in [2.75, 3.05) is 24.3 Å². The molecular weight excluding hydrogens is 302 g/mol. The van der Waals surface area contributed by atoms with Crippen molar-refractivity contribution in [1.29, 1.82) is 0 Å². The SMILES string of the molecule is CN(C)c1ccc(NC(=O)c2ccccc2)cc1C(=O)NC1CC1. The zero-order valence-electron chi connectivity index (χ0n) is 13.9. The van der Waals surface area contributed by atoms with E-state index in [1.807, 2.05) is 49.3 Å². The molecular formula is C19H21N3O2. The molecule has 0 radical (unpaired) electrons. The molecule has 0 atom stereocenters. The lowest BCUT2D eigenvalue weighted by Crippen LogP contribution is -2.27. The lowest BCUT2D eigenvalue weighted by molar-refractivity contribution is 0.0950. The number of nitrogens with one attached hydrogen (secondary N) is 2. The summed E-state index contributed by atoms with van der Waals surface area (Å²) in [5.74, 6) is -0.293. The highest BCUT2D eigenvalue weighted by Gasteiger charge is 2.25. The van der Waals surface area contributed by atoms with Gasteiger partial charge in [-0.3, -0.25) is 9.59 Å². The maximum Gasteiger partial charge on any atom is 0.255 e. The fourth-order valence-corrected chi connectivity index (χ4v) is 2.47. The number of anilines is 2. The largest absolute Gasteiger partial charge is 0.377 e. The summed E-state index contributed by atoms with van der Waals surface area (Å²) in [4.78, 5) is 26.7. The molecule has 0 unspecified atom stereocenters. The standard InChI is InChI=1S/C19H21N3O2/c1-22(2)17-11-10-15(12-16(17)19(24)20-14-8-9-14)21-18(23)13-6-4-3-5-7-13/h3-7,10-12,14H,8-9H2,1-2H3,(H,20,24)(H,21,23). The Morgan fingerprint density at radius 2 is 1.71 bits per heavy atom. The minimum absolute atomic E-state index is 0.1000. The average molecular weight is 323 g/mol. The zero-order valence-corrected chi connectivity index (χ0v) is 13.9. The first-order chi connectivity index (χ1) is 11.5. The minimum Gasteiger partial charge on any atom is -0.377 e. The van der Waals surface area contributed by atoms with Crippen LogP contribution in [0.2, 0.25) is 0 Å². The van der Waals surface area contributed by atoms with Crippen LogP contribution in [0, 0.1) is 0 Å². The molecule has 2 N–H and O–H groups in total. The maximum absolute atomic E-state index is 12.5. The van der Waals surface area contributed by atoms with Gasteiger partial charge < -0.3 is 15.5 Å². The molecule has 0 bridgehead atoms. The first kappa shape index (κ1) is 16.1. The topological polar surface area (TPSA) is 61.4 Å². The molecule has 1 aliphatic rings. The first-order valence-corrected chi connectivity index (χ1v) is 8.03. The number of benzene rings is 2. The summed E-state index contributed by atoms with van der Waals surface area (Å²) in [6.45, 7) is 0. The van der Waals surface area contributed by atoms with Gasteiger partial charge in [0.1, 0.15) is 0 Å². The van der Waals surface area contributed by atoms with Crippen LogP contribution in [0.1, 0.15) is 33.6 Å². The second-order valence-electron chi connectivity index (χ2n) is 6.19. The van der Waals surface area contributed by atoms with E-state index in [0.29, 0.717) is 16.8 Å². The second kappa shape index (κ2) is 6.74. The number of nitrogens with zero attached hydrogens (tertiary/aromatic N) is 1. The van der Waals surface area contributed by atoms with Crippen LogP contribution in [0.3, 0.4) is 0 Å². The van der Waals surface area contributed by atoms with Crippen molar-refractivity contribution in [2.45, 2.75) is 18.9 Å². The summed E-state index contributed by atoms with van der Waals surface area (Å²) in [5, 5.41) is 5.85. The molecule has 1 fully saturated rings. The van der Waals surface area contributed by atoms with Gasteiger partial charge in [-0.05, 0) is 43.2 Å². The van der Waals surface area contributed by atoms with Crippen molar-refractivity contribution in [3.05, 3.63) is 59.7 Å². The van der Waals surface area contributed by atoms with Crippen LogP contribution in [0.15, 0.2) is 48.5 Å². The number of rotatable bonds is 5. The summed E-state index contributed by atoms with van der Waals surface area (Å²) in [6.07, 6.45) is 2.07. The van der Waals surface area contributed by atoms with E-state index in [0.717, 1.165) is 18.5 Å². The molecule has 1 aliphatic carbocycles. The van der Waals surface area contributed by atoms with Crippen LogP contribution in [-0.2, 0) is 0 Å². The van der Waals surface area contributed by atoms with Crippen LogP contribution in [0.5, 0.6) is 0 Å². The van der Waals surface area contributed by atoms with Crippen molar-refractivity contribution in [1.82, 2.24) is 5.32 Å². The summed E-state index contributed by atoms with van der Waals surface area (Å²) in [6, 6.07) is 14.7. The molecule has 5 heteroatoms. The van der Waals surface area contributed by atoms with E-state index in [1.54, 1.807) is 18.2 Å². The zero-order chi connectivity index (χ0) is 17.1. The summed E-state index contributed by atoms with van der Waals surface area (Å²) >= 11 is 0. The van der Waals surface area contributed by atoms with E-state index in [9.17, 15) is 9.59 Å². The number of carbonyl (C=O) groups is 2. The molecule has 0 saturated heterocycles. The normalized spacial score (nSPS) is 13.2. The van der Waals surface area contributed by atoms with Gasteiger partial charge in [-0.25, -0.2) is 0 Å². The van der Waals surface area contributed by atoms with Crippen LogP contribution >= 0.6 is 0 Å². The third-order valence-electron chi connectivity index (χ3n) is 3.93. The Balaban J connectivity index is 1.83. The van der Waals surface area contributed by atoms with E-state index in [4.69, 9.17) is 0 Å². The summed E-state index contributed by atoms with van der Waals surface area (Å²) < 4.78 is 0. The van der Waals surface area contributed by atoms with E-state index in [2.05, 4.69) is 10.6 Å². The molecule has 124 valence electrons. The molecule has 2 amide bonds. The Morgan fingerprint density at radius 3 is 2.33 bits per heavy atom. The minimum atomic E-state index is -0.193. The van der Waals surface area contributed by atoms with Gasteiger partial charge in [-0.2, -0.15) is 0 Å². The highest BCUT2D eigenvalue weighted by atomic mass is 16.2. The fourth-order valence-electron chi connectivity index (χ4n) is 2.47. The lowest BCUT2D eigenvalue weighted by Gasteiger charge is -2.18. The number of carbonyl (C=O) groups excluding carboxylic acids is 2. The van der Waals surface area contributed by atoms with Crippen LogP contribution in [-0.4, -0.2) is 32.0 Å². The smallest absolute Gasteiger partial charge is 0.255 e. The monoisotopic (exact) mass is 323 g/mol. The van der Waals surface area contributed by atoms with Gasteiger partial charge in [-0.1, -0.05) is 18.2 Å². The lowest BCUT2D eigenvalue weighted by atomic mass is 10.1. The van der Waals surface area contributed by atoms with Crippen LogP contribution in [0.25, 0.3) is 0 Å². The van der Waals surface area contributed by atoms with Gasteiger partial charge in [0, 0.05) is 37.1 Å². The molecule has 1 saturated carbocycles. The third-order valence-corrected chi connectivity index (χ3v) is 3.93. The molecule has 0 aliphatic heterocycles. The molecule has 3 rings (SSSR count). The fraction of sp³-hybridized carbons (Fsp3) is 0.263. The quantitative estimate of drug-likeness (QED) is 0.889. The molecule has 0 spiro atoms. The van der Waals surface area contributed by atoms with Crippen LogP contribution in [0.4, 0.5) is 11.4 Å². The van der Waals surface area contributed by atoms with Gasteiger partial charge in [0.15, 0.2) is 0 Å². The van der Waals surface area contributed by atoms with Crippen molar-refractivity contribution in [3.63, 3.8) is 0 Å². The Hall–Kier alpha value is -2.82. The first-order valence-electron chi connectivity index (χ1n) is 8.03. The predicted molar refractivity (Wildman–Crippen MR) is 95.7 cm³/mol. The van der Waals surface area contributed by atoms with Crippen molar-refractivity contribution < 1.29 is 9.59 Å². The van der Waals surface area contributed by atoms with Gasteiger partial charge in [0.05, 0.1) is 5.56 Å². The Kier molecular flexibility index (Phi) is 4.51. The van der Waals surface area contributed by atoms with Gasteiger partial charge >= 0.3 is 0 Å². The molecule has 0 heterocycles. The maximum atomic E-state index is 12.5. The Bertz CT molecular complexity index is 752.